The number of hydrogen-bond acceptors (Lipinski definition) is 5. The van der Waals surface area contributed by atoms with E-state index in [1.165, 1.54) is 0 Å². The van der Waals surface area contributed by atoms with Crippen molar-refractivity contribution in [1.82, 2.24) is 19.9 Å². The quantitative estimate of drug-likeness (QED) is 0.765. The third-order valence-electron chi connectivity index (χ3n) is 4.48. The molecule has 2 heterocycles. The Morgan fingerprint density at radius 3 is 2.71 bits per heavy atom. The fraction of sp³-hybridized carbons (Fsp3) is 0.524. The summed E-state index contributed by atoms with van der Waals surface area (Å²) in [7, 11) is 0. The number of imidazole rings is 1. The zero-order chi connectivity index (χ0) is 20.1. The van der Waals surface area contributed by atoms with Crippen molar-refractivity contribution in [3.8, 4) is 0 Å². The maximum atomic E-state index is 12.7. The summed E-state index contributed by atoms with van der Waals surface area (Å²) in [4.78, 5) is 24.7. The minimum absolute atomic E-state index is 0.210. The predicted octanol–water partition coefficient (Wildman–Crippen LogP) is 3.81. The van der Waals surface area contributed by atoms with Crippen molar-refractivity contribution in [1.29, 1.82) is 0 Å². The molecule has 7 heteroatoms. The lowest BCUT2D eigenvalue weighted by molar-refractivity contribution is -0.0192. The zero-order valence-electron chi connectivity index (χ0n) is 17.1. The number of hydrogen-bond donors (Lipinski definition) is 1. The van der Waals surface area contributed by atoms with Gasteiger partial charge < -0.3 is 14.2 Å². The van der Waals surface area contributed by atoms with Gasteiger partial charge in [-0.25, -0.2) is 9.78 Å². The number of nitrogens with zero attached hydrogens (tertiary/aromatic N) is 3. The molecule has 3 rings (SSSR count). The van der Waals surface area contributed by atoms with E-state index in [4.69, 9.17) is 9.57 Å². The van der Waals surface area contributed by atoms with Crippen molar-refractivity contribution in [2.45, 2.75) is 65.5 Å². The van der Waals surface area contributed by atoms with Gasteiger partial charge in [-0.2, -0.15) is 5.48 Å². The van der Waals surface area contributed by atoms with Crippen LogP contribution in [0.2, 0.25) is 0 Å². The highest BCUT2D eigenvalue weighted by atomic mass is 16.6. The summed E-state index contributed by atoms with van der Waals surface area (Å²) in [6, 6.07) is 9.75. The predicted molar refractivity (Wildman–Crippen MR) is 106 cm³/mol. The monoisotopic (exact) mass is 386 g/mol. The average molecular weight is 386 g/mol. The molecule has 0 fully saturated rings. The fourth-order valence-electron chi connectivity index (χ4n) is 3.23. The van der Waals surface area contributed by atoms with Gasteiger partial charge in [0.15, 0.2) is 0 Å². The van der Waals surface area contributed by atoms with E-state index < -0.39 is 5.60 Å². The van der Waals surface area contributed by atoms with Crippen LogP contribution >= 0.6 is 0 Å². The number of ether oxygens (including phenoxy) is 1. The van der Waals surface area contributed by atoms with Crippen LogP contribution in [0.15, 0.2) is 36.7 Å². The van der Waals surface area contributed by atoms with Gasteiger partial charge in [-0.1, -0.05) is 37.3 Å². The lowest BCUT2D eigenvalue weighted by Crippen LogP contribution is -2.45. The zero-order valence-corrected chi connectivity index (χ0v) is 17.1. The normalized spacial score (nSPS) is 16.7. The molecule has 1 atom stereocenters. The molecule has 0 saturated carbocycles. The number of amides is 1. The first-order chi connectivity index (χ1) is 13.4. The molecule has 0 radical (unpaired) electrons. The molecule has 0 spiro atoms. The Morgan fingerprint density at radius 2 is 2.04 bits per heavy atom. The van der Waals surface area contributed by atoms with Crippen molar-refractivity contribution >= 4 is 6.09 Å². The number of fused-ring (bicyclic) bond motifs is 1. The fourth-order valence-corrected chi connectivity index (χ4v) is 3.23. The Morgan fingerprint density at radius 1 is 1.29 bits per heavy atom. The largest absolute Gasteiger partial charge is 0.444 e. The van der Waals surface area contributed by atoms with Crippen molar-refractivity contribution in [2.24, 2.45) is 0 Å². The minimum atomic E-state index is -0.534. The molecule has 28 heavy (non-hydrogen) atoms. The van der Waals surface area contributed by atoms with Gasteiger partial charge in [-0.05, 0) is 32.8 Å². The Bertz CT molecular complexity index is 783. The van der Waals surface area contributed by atoms with Crippen LogP contribution in [0.25, 0.3) is 0 Å². The number of rotatable bonds is 6. The first-order valence-corrected chi connectivity index (χ1v) is 9.80. The van der Waals surface area contributed by atoms with Crippen LogP contribution in [0, 0.1) is 0 Å². The molecule has 1 N–H and O–H groups in total. The summed E-state index contributed by atoms with van der Waals surface area (Å²) >= 11 is 0. The second kappa shape index (κ2) is 8.75. The molecule has 1 aromatic carbocycles. The third kappa shape index (κ3) is 5.11. The van der Waals surface area contributed by atoms with Crippen molar-refractivity contribution in [3.05, 3.63) is 53.6 Å². The van der Waals surface area contributed by atoms with Gasteiger partial charge in [-0.15, -0.1) is 0 Å². The van der Waals surface area contributed by atoms with Crippen LogP contribution in [0.5, 0.6) is 0 Å². The summed E-state index contributed by atoms with van der Waals surface area (Å²) in [6.07, 6.45) is 2.52. The maximum absolute atomic E-state index is 12.7. The number of aromatic nitrogens is 2. The van der Waals surface area contributed by atoms with Crippen molar-refractivity contribution in [2.75, 3.05) is 6.54 Å². The minimum Gasteiger partial charge on any atom is -0.444 e. The Labute approximate surface area is 166 Å². The van der Waals surface area contributed by atoms with Gasteiger partial charge in [0.25, 0.3) is 0 Å². The Kier molecular flexibility index (Phi) is 6.36. The number of nitrogens with one attached hydrogen (secondary N) is 1. The van der Waals surface area contributed by atoms with E-state index in [2.05, 4.69) is 22.0 Å². The van der Waals surface area contributed by atoms with Gasteiger partial charge in [0.05, 0.1) is 36.9 Å². The van der Waals surface area contributed by atoms with E-state index in [1.54, 1.807) is 4.90 Å². The lowest BCUT2D eigenvalue weighted by atomic mass is 10.1. The molecule has 1 aliphatic rings. The average Bonchev–Trinajstić information content (AvgIpc) is 3.05. The topological polar surface area (TPSA) is 68.6 Å². The summed E-state index contributed by atoms with van der Waals surface area (Å²) in [5.74, 6) is 0. The van der Waals surface area contributed by atoms with Crippen molar-refractivity contribution in [3.63, 3.8) is 0 Å². The number of benzene rings is 1. The summed E-state index contributed by atoms with van der Waals surface area (Å²) in [5, 5.41) is 0. The first-order valence-electron chi connectivity index (χ1n) is 9.80. The van der Waals surface area contributed by atoms with E-state index in [9.17, 15) is 4.79 Å². The van der Waals surface area contributed by atoms with Crippen LogP contribution in [0.3, 0.4) is 0 Å². The van der Waals surface area contributed by atoms with Crippen LogP contribution in [0.1, 0.15) is 57.1 Å². The number of carbonyl (C=O) groups is 1. The Hall–Kier alpha value is -2.38. The number of hydroxylamine groups is 1. The SMILES string of the molecule is CCCn1cnc2c1CN(C(=O)OC(C)(C)C)CC2NOCc1ccccc1. The van der Waals surface area contributed by atoms with Gasteiger partial charge in [0, 0.05) is 13.1 Å². The summed E-state index contributed by atoms with van der Waals surface area (Å²) in [5.41, 5.74) is 5.61. The molecule has 0 bridgehead atoms. The van der Waals surface area contributed by atoms with Gasteiger partial charge >= 0.3 is 6.09 Å². The number of aryl methyl sites for hydroxylation is 1. The molecule has 7 nitrogen and oxygen atoms in total. The van der Waals surface area contributed by atoms with Crippen LogP contribution in [0.4, 0.5) is 4.79 Å². The summed E-state index contributed by atoms with van der Waals surface area (Å²) < 4.78 is 7.69. The molecule has 1 aliphatic heterocycles. The molecule has 1 unspecified atom stereocenters. The van der Waals surface area contributed by atoms with E-state index in [0.29, 0.717) is 19.7 Å². The van der Waals surface area contributed by atoms with Crippen molar-refractivity contribution < 1.29 is 14.4 Å². The smallest absolute Gasteiger partial charge is 0.410 e. The molecule has 0 saturated heterocycles. The lowest BCUT2D eigenvalue weighted by Gasteiger charge is -2.34. The Balaban J connectivity index is 1.73. The third-order valence-corrected chi connectivity index (χ3v) is 4.48. The molecule has 1 amide bonds. The van der Waals surface area contributed by atoms with Crippen LogP contribution < -0.4 is 5.48 Å². The molecule has 1 aromatic heterocycles. The highest BCUT2D eigenvalue weighted by Gasteiger charge is 2.34. The number of carbonyl (C=O) groups excluding carboxylic acids is 1. The highest BCUT2D eigenvalue weighted by molar-refractivity contribution is 5.68. The first kappa shape index (κ1) is 20.4. The highest BCUT2D eigenvalue weighted by Crippen LogP contribution is 2.27. The second-order valence-corrected chi connectivity index (χ2v) is 8.08. The standard InChI is InChI=1S/C21H30N4O3/c1-5-11-24-15-22-19-17(23-27-14-16-9-7-6-8-10-16)12-25(13-18(19)24)20(26)28-21(2,3)4/h6-10,15,17,23H,5,11-14H2,1-4H3. The summed E-state index contributed by atoms with van der Waals surface area (Å²) in [6.45, 7) is 9.98. The van der Waals surface area contributed by atoms with Gasteiger partial charge in [-0.3, -0.25) is 4.84 Å². The van der Waals surface area contributed by atoms with Gasteiger partial charge in [0.2, 0.25) is 0 Å². The maximum Gasteiger partial charge on any atom is 0.410 e. The molecular weight excluding hydrogens is 356 g/mol. The second-order valence-electron chi connectivity index (χ2n) is 8.08. The van der Waals surface area contributed by atoms with E-state index >= 15 is 0 Å². The molecule has 2 aromatic rings. The van der Waals surface area contributed by atoms with E-state index in [-0.39, 0.29) is 12.1 Å². The molecular formula is C21H30N4O3. The van der Waals surface area contributed by atoms with E-state index in [1.807, 2.05) is 57.4 Å². The van der Waals surface area contributed by atoms with E-state index in [0.717, 1.165) is 29.9 Å². The van der Waals surface area contributed by atoms with Crippen LogP contribution in [-0.4, -0.2) is 32.7 Å². The molecule has 0 aliphatic carbocycles. The molecule has 152 valence electrons. The van der Waals surface area contributed by atoms with Crippen LogP contribution in [-0.2, 0) is 29.3 Å². The van der Waals surface area contributed by atoms with Gasteiger partial charge in [0.1, 0.15) is 5.60 Å².